The van der Waals surface area contributed by atoms with E-state index in [0.29, 0.717) is 13.2 Å². The molecule has 1 aliphatic rings. The van der Waals surface area contributed by atoms with E-state index < -0.39 is 41.1 Å². The summed E-state index contributed by atoms with van der Waals surface area (Å²) in [6.45, 7) is 2.03. The number of carbonyl (C=O) groups excluding carboxylic acids is 2. The van der Waals surface area contributed by atoms with Gasteiger partial charge in [0.25, 0.3) is 0 Å². The first-order valence-corrected chi connectivity index (χ1v) is 11.5. The van der Waals surface area contributed by atoms with E-state index in [1.165, 1.54) is 48.5 Å². The van der Waals surface area contributed by atoms with Gasteiger partial charge in [-0.25, -0.2) is 13.2 Å². The molecule has 2 aromatic rings. The summed E-state index contributed by atoms with van der Waals surface area (Å²) in [5, 5.41) is 0. The van der Waals surface area contributed by atoms with Gasteiger partial charge in [0.05, 0.1) is 23.7 Å². The Labute approximate surface area is 188 Å². The molecule has 3 rings (SSSR count). The van der Waals surface area contributed by atoms with Gasteiger partial charge in [0, 0.05) is 30.0 Å². The highest BCUT2D eigenvalue weighted by Gasteiger charge is 2.30. The van der Waals surface area contributed by atoms with Crippen molar-refractivity contribution in [2.45, 2.75) is 31.5 Å². The molecule has 0 atom stereocenters. The van der Waals surface area contributed by atoms with E-state index in [1.54, 1.807) is 0 Å². The number of rotatable bonds is 7. The number of halogens is 3. The van der Waals surface area contributed by atoms with E-state index in [-0.39, 0.29) is 40.5 Å². The van der Waals surface area contributed by atoms with Crippen molar-refractivity contribution >= 4 is 21.8 Å². The monoisotopic (exact) mass is 488 g/mol. The maximum atomic E-state index is 12.7. The average molecular weight is 488 g/mol. The number of benzene rings is 1. The summed E-state index contributed by atoms with van der Waals surface area (Å²) < 4.78 is 75.9. The molecule has 12 heteroatoms. The molecule has 0 spiro atoms. The third kappa shape index (κ3) is 5.81. The average Bonchev–Trinajstić information content (AvgIpc) is 3.05. The first-order chi connectivity index (χ1) is 15.4. The number of nitrogens with zero attached hydrogens (tertiary/aromatic N) is 2. The molecular formula is C21H23F3N2O6S. The third-order valence-electron chi connectivity index (χ3n) is 5.24. The second-order valence-corrected chi connectivity index (χ2v) is 9.46. The van der Waals surface area contributed by atoms with E-state index >= 15 is 0 Å². The molecule has 8 nitrogen and oxygen atoms in total. The third-order valence-corrected chi connectivity index (χ3v) is 7.16. The summed E-state index contributed by atoms with van der Waals surface area (Å²) in [7, 11) is -3.72. The molecule has 1 aromatic carbocycles. The number of aromatic nitrogens is 1. The summed E-state index contributed by atoms with van der Waals surface area (Å²) in [6.07, 6.45) is -4.44. The normalized spacial score (nSPS) is 15.4. The van der Waals surface area contributed by atoms with Gasteiger partial charge in [0.15, 0.2) is 6.61 Å². The smallest absolute Gasteiger partial charge is 0.406 e. The van der Waals surface area contributed by atoms with Crippen LogP contribution in [0.5, 0.6) is 0 Å². The van der Waals surface area contributed by atoms with Gasteiger partial charge in [-0.1, -0.05) is 0 Å². The summed E-state index contributed by atoms with van der Waals surface area (Å²) in [4.78, 5) is 24.7. The van der Waals surface area contributed by atoms with Crippen molar-refractivity contribution in [3.63, 3.8) is 0 Å². The van der Waals surface area contributed by atoms with Crippen molar-refractivity contribution in [3.8, 4) is 0 Å². The topological polar surface area (TPSA) is 94.9 Å². The Morgan fingerprint density at radius 2 is 1.70 bits per heavy atom. The molecular weight excluding hydrogens is 465 g/mol. The summed E-state index contributed by atoms with van der Waals surface area (Å²) in [6, 6.07) is 6.41. The van der Waals surface area contributed by atoms with Crippen LogP contribution in [0.3, 0.4) is 0 Å². The van der Waals surface area contributed by atoms with E-state index in [0.717, 1.165) is 4.57 Å². The lowest BCUT2D eigenvalue weighted by molar-refractivity contribution is -0.141. The van der Waals surface area contributed by atoms with Crippen molar-refractivity contribution in [2.24, 2.45) is 0 Å². The molecule has 0 bridgehead atoms. The summed E-state index contributed by atoms with van der Waals surface area (Å²) in [5.74, 6) is -1.50. The highest BCUT2D eigenvalue weighted by atomic mass is 32.2. The molecule has 0 saturated carbocycles. The first kappa shape index (κ1) is 24.9. The summed E-state index contributed by atoms with van der Waals surface area (Å²) in [5.41, 5.74) is 0.461. The fourth-order valence-corrected chi connectivity index (χ4v) is 4.91. The zero-order valence-electron chi connectivity index (χ0n) is 18.0. The van der Waals surface area contributed by atoms with Crippen molar-refractivity contribution in [1.29, 1.82) is 0 Å². The largest absolute Gasteiger partial charge is 0.454 e. The number of Topliss-reactive ketones (excluding diaryl/α,β-unsaturated/α-hetero) is 1. The lowest BCUT2D eigenvalue weighted by atomic mass is 10.1. The number of carbonyl (C=O) groups is 2. The number of hydrogen-bond donors (Lipinski definition) is 0. The second-order valence-electron chi connectivity index (χ2n) is 7.53. The Balaban J connectivity index is 1.64. The Hall–Kier alpha value is -2.70. The molecule has 1 aliphatic heterocycles. The van der Waals surface area contributed by atoms with Crippen LogP contribution in [0.1, 0.15) is 32.1 Å². The molecule has 180 valence electrons. The van der Waals surface area contributed by atoms with Crippen molar-refractivity contribution in [3.05, 3.63) is 52.8 Å². The van der Waals surface area contributed by atoms with Crippen LogP contribution in [0.15, 0.2) is 35.2 Å². The predicted octanol–water partition coefficient (Wildman–Crippen LogP) is 2.73. The van der Waals surface area contributed by atoms with Crippen LogP contribution in [0.4, 0.5) is 13.2 Å². The second kappa shape index (κ2) is 9.65. The van der Waals surface area contributed by atoms with Crippen LogP contribution in [-0.4, -0.2) is 68.1 Å². The van der Waals surface area contributed by atoms with E-state index in [9.17, 15) is 31.2 Å². The molecule has 1 aromatic heterocycles. The quantitative estimate of drug-likeness (QED) is 0.440. The summed E-state index contributed by atoms with van der Waals surface area (Å²) >= 11 is 0. The number of ether oxygens (including phenoxy) is 2. The zero-order chi connectivity index (χ0) is 24.4. The maximum Gasteiger partial charge on any atom is 0.406 e. The number of ketones is 1. The number of morpholine rings is 1. The minimum Gasteiger partial charge on any atom is -0.454 e. The molecule has 2 heterocycles. The molecule has 0 amide bonds. The van der Waals surface area contributed by atoms with Crippen LogP contribution in [0.25, 0.3) is 0 Å². The van der Waals surface area contributed by atoms with Crippen LogP contribution in [-0.2, 0) is 26.0 Å². The fourth-order valence-electron chi connectivity index (χ4n) is 3.50. The fraction of sp³-hybridized carbons (Fsp3) is 0.429. The van der Waals surface area contributed by atoms with Gasteiger partial charge < -0.3 is 14.0 Å². The van der Waals surface area contributed by atoms with E-state index in [4.69, 9.17) is 9.47 Å². The SMILES string of the molecule is Cc1cc(C(=O)COC(=O)c2ccc(S(=O)(=O)N3CCOCC3)cc2)c(C)n1CC(F)(F)F. The van der Waals surface area contributed by atoms with Crippen LogP contribution >= 0.6 is 0 Å². The Bertz CT molecular complexity index is 1130. The molecule has 0 aliphatic carbocycles. The van der Waals surface area contributed by atoms with E-state index in [2.05, 4.69) is 0 Å². The maximum absolute atomic E-state index is 12.7. The van der Waals surface area contributed by atoms with Crippen molar-refractivity contribution in [2.75, 3.05) is 32.9 Å². The minimum absolute atomic E-state index is 0.00845. The van der Waals surface area contributed by atoms with Gasteiger partial charge in [0.2, 0.25) is 15.8 Å². The Morgan fingerprint density at radius 1 is 1.09 bits per heavy atom. The number of aryl methyl sites for hydroxylation is 1. The predicted molar refractivity (Wildman–Crippen MR) is 111 cm³/mol. The first-order valence-electron chi connectivity index (χ1n) is 10.0. The zero-order valence-corrected chi connectivity index (χ0v) is 18.8. The van der Waals surface area contributed by atoms with Gasteiger partial charge >= 0.3 is 12.1 Å². The molecule has 0 unspecified atom stereocenters. The van der Waals surface area contributed by atoms with Gasteiger partial charge in [-0.05, 0) is 44.2 Å². The minimum atomic E-state index is -4.44. The number of esters is 1. The van der Waals surface area contributed by atoms with Crippen LogP contribution < -0.4 is 0 Å². The number of alkyl halides is 3. The van der Waals surface area contributed by atoms with Gasteiger partial charge in [-0.3, -0.25) is 4.79 Å². The molecule has 1 saturated heterocycles. The Kier molecular flexibility index (Phi) is 7.29. The van der Waals surface area contributed by atoms with Gasteiger partial charge in [0.1, 0.15) is 6.54 Å². The Morgan fingerprint density at radius 3 is 2.27 bits per heavy atom. The standard InChI is InChI=1S/C21H23F3N2O6S/c1-14-11-18(15(2)26(14)13-21(22,23)24)19(27)12-32-20(28)16-3-5-17(6-4-16)33(29,30)25-7-9-31-10-8-25/h3-6,11H,7-10,12-13H2,1-2H3. The van der Waals surface area contributed by atoms with E-state index in [1.807, 2.05) is 0 Å². The number of hydrogen-bond acceptors (Lipinski definition) is 6. The molecule has 1 fully saturated rings. The highest BCUT2D eigenvalue weighted by molar-refractivity contribution is 7.89. The molecule has 0 N–H and O–H groups in total. The van der Waals surface area contributed by atoms with Crippen LogP contribution in [0, 0.1) is 13.8 Å². The van der Waals surface area contributed by atoms with Gasteiger partial charge in [-0.15, -0.1) is 0 Å². The molecule has 33 heavy (non-hydrogen) atoms. The van der Waals surface area contributed by atoms with Crippen LogP contribution in [0.2, 0.25) is 0 Å². The van der Waals surface area contributed by atoms with Gasteiger partial charge in [-0.2, -0.15) is 17.5 Å². The number of sulfonamides is 1. The lowest BCUT2D eigenvalue weighted by Crippen LogP contribution is -2.40. The highest BCUT2D eigenvalue weighted by Crippen LogP contribution is 2.24. The van der Waals surface area contributed by atoms with Crippen molar-refractivity contribution in [1.82, 2.24) is 8.87 Å². The molecule has 0 radical (unpaired) electrons. The van der Waals surface area contributed by atoms with Crippen molar-refractivity contribution < 1.29 is 40.7 Å². The lowest BCUT2D eigenvalue weighted by Gasteiger charge is -2.26.